The molecule has 21 heavy (non-hydrogen) atoms. The normalized spacial score (nSPS) is 24.5. The van der Waals surface area contributed by atoms with Crippen LogP contribution in [0.1, 0.15) is 36.0 Å². The molecule has 5 heteroatoms. The minimum Gasteiger partial charge on any atom is -0.336 e. The number of nitrogens with zero attached hydrogens (tertiary/aromatic N) is 3. The largest absolute Gasteiger partial charge is 0.336 e. The van der Waals surface area contributed by atoms with Gasteiger partial charge in [-0.3, -0.25) is 10.2 Å². The monoisotopic (exact) mass is 302 g/mol. The maximum absolute atomic E-state index is 4.57. The summed E-state index contributed by atoms with van der Waals surface area (Å²) in [5.41, 5.74) is 0. The lowest BCUT2D eigenvalue weighted by Gasteiger charge is -2.22. The second kappa shape index (κ2) is 5.55. The Balaban J connectivity index is 1.52. The predicted molar refractivity (Wildman–Crippen MR) is 85.5 cm³/mol. The molecule has 1 saturated heterocycles. The molecule has 1 aliphatic carbocycles. The van der Waals surface area contributed by atoms with Crippen LogP contribution in [-0.4, -0.2) is 39.6 Å². The molecular formula is C16H22N4S. The SMILES string of the molecule is Cn1ccnc1C(NC1CCN(C2CC2)C1)c1cccs1. The van der Waals surface area contributed by atoms with Crippen LogP contribution >= 0.6 is 11.3 Å². The fourth-order valence-corrected chi connectivity index (χ4v) is 4.11. The summed E-state index contributed by atoms with van der Waals surface area (Å²) < 4.78 is 2.13. The molecule has 2 aliphatic rings. The highest BCUT2D eigenvalue weighted by Gasteiger charge is 2.35. The van der Waals surface area contributed by atoms with Crippen LogP contribution in [0.3, 0.4) is 0 Å². The van der Waals surface area contributed by atoms with Gasteiger partial charge in [0.2, 0.25) is 0 Å². The van der Waals surface area contributed by atoms with Crippen LogP contribution < -0.4 is 5.32 Å². The molecule has 2 fully saturated rings. The van der Waals surface area contributed by atoms with Crippen molar-refractivity contribution in [1.29, 1.82) is 0 Å². The Morgan fingerprint density at radius 1 is 1.38 bits per heavy atom. The molecule has 1 aliphatic heterocycles. The van der Waals surface area contributed by atoms with E-state index in [-0.39, 0.29) is 6.04 Å². The van der Waals surface area contributed by atoms with Gasteiger partial charge >= 0.3 is 0 Å². The van der Waals surface area contributed by atoms with Crippen LogP contribution in [0.5, 0.6) is 0 Å². The number of aryl methyl sites for hydroxylation is 1. The van der Waals surface area contributed by atoms with E-state index >= 15 is 0 Å². The highest BCUT2D eigenvalue weighted by Crippen LogP contribution is 2.31. The number of hydrogen-bond acceptors (Lipinski definition) is 4. The quantitative estimate of drug-likeness (QED) is 0.920. The maximum Gasteiger partial charge on any atom is 0.131 e. The summed E-state index contributed by atoms with van der Waals surface area (Å²) >= 11 is 1.81. The first kappa shape index (κ1) is 13.5. The number of likely N-dealkylation sites (tertiary alicyclic amines) is 1. The van der Waals surface area contributed by atoms with Crippen LogP contribution in [-0.2, 0) is 7.05 Å². The molecule has 2 unspecified atom stereocenters. The Kier molecular flexibility index (Phi) is 3.57. The average Bonchev–Trinajstić information content (AvgIpc) is 2.93. The molecule has 4 rings (SSSR count). The molecule has 2 aromatic rings. The molecule has 4 nitrogen and oxygen atoms in total. The average molecular weight is 302 g/mol. The molecule has 0 bridgehead atoms. The van der Waals surface area contributed by atoms with Crippen LogP contribution in [0.2, 0.25) is 0 Å². The molecule has 0 radical (unpaired) electrons. The molecule has 3 heterocycles. The van der Waals surface area contributed by atoms with Gasteiger partial charge in [-0.1, -0.05) is 6.07 Å². The summed E-state index contributed by atoms with van der Waals surface area (Å²) in [4.78, 5) is 8.58. The summed E-state index contributed by atoms with van der Waals surface area (Å²) in [5.74, 6) is 1.11. The van der Waals surface area contributed by atoms with Gasteiger partial charge in [0.15, 0.2) is 0 Å². The molecule has 2 aromatic heterocycles. The first-order valence-electron chi connectivity index (χ1n) is 7.82. The molecule has 1 N–H and O–H groups in total. The third kappa shape index (κ3) is 2.78. The number of rotatable bonds is 5. The lowest BCUT2D eigenvalue weighted by molar-refractivity contribution is 0.314. The summed E-state index contributed by atoms with van der Waals surface area (Å²) in [5, 5.41) is 6.01. The van der Waals surface area contributed by atoms with E-state index < -0.39 is 0 Å². The Morgan fingerprint density at radius 2 is 2.29 bits per heavy atom. The van der Waals surface area contributed by atoms with Gasteiger partial charge in [-0.15, -0.1) is 11.3 Å². The molecule has 0 aromatic carbocycles. The van der Waals surface area contributed by atoms with E-state index in [1.807, 2.05) is 23.7 Å². The van der Waals surface area contributed by atoms with E-state index in [4.69, 9.17) is 0 Å². The highest BCUT2D eigenvalue weighted by atomic mass is 32.1. The van der Waals surface area contributed by atoms with Crippen molar-refractivity contribution in [3.63, 3.8) is 0 Å². The third-order valence-corrected chi connectivity index (χ3v) is 5.57. The Labute approximate surface area is 129 Å². The van der Waals surface area contributed by atoms with Gasteiger partial charge in [-0.2, -0.15) is 0 Å². The van der Waals surface area contributed by atoms with Crippen molar-refractivity contribution in [3.05, 3.63) is 40.6 Å². The van der Waals surface area contributed by atoms with E-state index in [1.54, 1.807) is 0 Å². The van der Waals surface area contributed by atoms with Gasteiger partial charge < -0.3 is 4.57 Å². The summed E-state index contributed by atoms with van der Waals surface area (Å²) in [7, 11) is 2.08. The first-order valence-corrected chi connectivity index (χ1v) is 8.70. The van der Waals surface area contributed by atoms with E-state index in [9.17, 15) is 0 Å². The summed E-state index contributed by atoms with van der Waals surface area (Å²) in [6.07, 6.45) is 7.98. The summed E-state index contributed by atoms with van der Waals surface area (Å²) in [6.45, 7) is 2.44. The smallest absolute Gasteiger partial charge is 0.131 e. The maximum atomic E-state index is 4.57. The number of aromatic nitrogens is 2. The molecule has 2 atom stereocenters. The second-order valence-electron chi connectivity index (χ2n) is 6.22. The molecular weight excluding hydrogens is 280 g/mol. The van der Waals surface area contributed by atoms with Crippen molar-refractivity contribution in [2.45, 2.75) is 37.4 Å². The van der Waals surface area contributed by atoms with Gasteiger partial charge in [0.25, 0.3) is 0 Å². The minimum absolute atomic E-state index is 0.217. The van der Waals surface area contributed by atoms with Gasteiger partial charge in [0.05, 0.1) is 0 Å². The first-order chi connectivity index (χ1) is 10.3. The van der Waals surface area contributed by atoms with Gasteiger partial charge in [-0.05, 0) is 30.7 Å². The Morgan fingerprint density at radius 3 is 2.95 bits per heavy atom. The van der Waals surface area contributed by atoms with Crippen molar-refractivity contribution in [2.75, 3.05) is 13.1 Å². The van der Waals surface area contributed by atoms with E-state index in [0.29, 0.717) is 6.04 Å². The van der Waals surface area contributed by atoms with Crippen molar-refractivity contribution in [3.8, 4) is 0 Å². The van der Waals surface area contributed by atoms with Crippen LogP contribution in [0, 0.1) is 0 Å². The van der Waals surface area contributed by atoms with Crippen molar-refractivity contribution in [2.24, 2.45) is 7.05 Å². The van der Waals surface area contributed by atoms with Gasteiger partial charge in [0, 0.05) is 49.5 Å². The van der Waals surface area contributed by atoms with Gasteiger partial charge in [0.1, 0.15) is 11.9 Å². The van der Waals surface area contributed by atoms with Crippen LogP contribution in [0.15, 0.2) is 29.9 Å². The standard InChI is InChI=1S/C16H22N4S/c1-19-9-7-17-16(19)15(14-3-2-10-21-14)18-12-6-8-20(11-12)13-4-5-13/h2-3,7,9-10,12-13,15,18H,4-6,8,11H2,1H3. The minimum atomic E-state index is 0.217. The van der Waals surface area contributed by atoms with Crippen LogP contribution in [0.25, 0.3) is 0 Å². The van der Waals surface area contributed by atoms with Crippen molar-refractivity contribution < 1.29 is 0 Å². The zero-order chi connectivity index (χ0) is 14.2. The molecule has 0 amide bonds. The number of thiophene rings is 1. The predicted octanol–water partition coefficient (Wildman–Crippen LogP) is 2.40. The van der Waals surface area contributed by atoms with E-state index in [2.05, 4.69) is 44.3 Å². The van der Waals surface area contributed by atoms with Crippen LogP contribution in [0.4, 0.5) is 0 Å². The Bertz CT molecular complexity index is 587. The number of imidazole rings is 1. The molecule has 1 saturated carbocycles. The second-order valence-corrected chi connectivity index (χ2v) is 7.20. The molecule has 112 valence electrons. The zero-order valence-corrected chi connectivity index (χ0v) is 13.2. The molecule has 0 spiro atoms. The highest BCUT2D eigenvalue weighted by molar-refractivity contribution is 7.10. The van der Waals surface area contributed by atoms with Crippen molar-refractivity contribution in [1.82, 2.24) is 19.8 Å². The fraction of sp³-hybridized carbons (Fsp3) is 0.562. The topological polar surface area (TPSA) is 33.1 Å². The number of hydrogen-bond donors (Lipinski definition) is 1. The number of nitrogens with one attached hydrogen (secondary N) is 1. The third-order valence-electron chi connectivity index (χ3n) is 4.63. The lowest BCUT2D eigenvalue weighted by Crippen LogP contribution is -2.37. The van der Waals surface area contributed by atoms with Gasteiger partial charge in [-0.25, -0.2) is 4.98 Å². The lowest BCUT2D eigenvalue weighted by atomic mass is 10.1. The van der Waals surface area contributed by atoms with Crippen molar-refractivity contribution >= 4 is 11.3 Å². The van der Waals surface area contributed by atoms with E-state index in [0.717, 1.165) is 11.9 Å². The Hall–Kier alpha value is -1.17. The summed E-state index contributed by atoms with van der Waals surface area (Å²) in [6, 6.07) is 6.02. The fourth-order valence-electron chi connectivity index (χ4n) is 3.33. The zero-order valence-electron chi connectivity index (χ0n) is 12.4. The van der Waals surface area contributed by atoms with E-state index in [1.165, 1.54) is 37.2 Å².